The van der Waals surface area contributed by atoms with Crippen LogP contribution in [-0.4, -0.2) is 45.3 Å². The molecule has 0 spiro atoms. The number of carbonyl (C=O) groups excluding carboxylic acids is 2. The van der Waals surface area contributed by atoms with Gasteiger partial charge in [0.05, 0.1) is 30.6 Å². The summed E-state index contributed by atoms with van der Waals surface area (Å²) in [5, 5.41) is 11.3. The van der Waals surface area contributed by atoms with E-state index in [1.807, 2.05) is 30.3 Å². The molecule has 1 heterocycles. The SMILES string of the molecule is CCOC(=O)CC(Cc1cnn(-c2ccc(OCc3ccccc3)c(F)c2)n1)NC(=O)OC(C)(C)C. The van der Waals surface area contributed by atoms with Crippen molar-refractivity contribution in [3.8, 4) is 11.4 Å². The van der Waals surface area contributed by atoms with Crippen LogP contribution >= 0.6 is 0 Å². The molecule has 1 aromatic heterocycles. The Morgan fingerprint density at radius 2 is 1.89 bits per heavy atom. The molecule has 0 saturated carbocycles. The van der Waals surface area contributed by atoms with Crippen LogP contribution in [0.4, 0.5) is 9.18 Å². The Kier molecular flexibility index (Phi) is 8.99. The highest BCUT2D eigenvalue weighted by atomic mass is 19.1. The summed E-state index contributed by atoms with van der Waals surface area (Å²) in [5.41, 5.74) is 1.12. The molecule has 1 unspecified atom stereocenters. The predicted octanol–water partition coefficient (Wildman–Crippen LogP) is 4.37. The summed E-state index contributed by atoms with van der Waals surface area (Å²) in [6, 6.07) is 13.3. The summed E-state index contributed by atoms with van der Waals surface area (Å²) in [5.74, 6) is -0.890. The molecule has 2 aromatic carbocycles. The van der Waals surface area contributed by atoms with E-state index < -0.39 is 29.5 Å². The lowest BCUT2D eigenvalue weighted by Crippen LogP contribution is -2.41. The second kappa shape index (κ2) is 12.1. The van der Waals surface area contributed by atoms with Crippen molar-refractivity contribution < 1.29 is 28.2 Å². The van der Waals surface area contributed by atoms with Crippen LogP contribution in [0.25, 0.3) is 5.69 Å². The topological polar surface area (TPSA) is 105 Å². The second-order valence-corrected chi connectivity index (χ2v) is 9.07. The highest BCUT2D eigenvalue weighted by Crippen LogP contribution is 2.21. The van der Waals surface area contributed by atoms with Gasteiger partial charge in [0, 0.05) is 18.5 Å². The standard InChI is InChI=1S/C26H31FN4O5/c1-5-34-24(32)14-19(29-25(33)36-26(2,3)4)13-20-16-28-31(30-20)21-11-12-23(22(27)15-21)35-17-18-9-7-6-8-10-18/h6-12,15-16,19H,5,13-14,17H2,1-4H3,(H,29,33). The van der Waals surface area contributed by atoms with Crippen molar-refractivity contribution in [2.24, 2.45) is 0 Å². The van der Waals surface area contributed by atoms with Crippen molar-refractivity contribution in [2.45, 2.75) is 58.8 Å². The van der Waals surface area contributed by atoms with E-state index in [0.29, 0.717) is 11.4 Å². The number of hydrogen-bond donors (Lipinski definition) is 1. The minimum absolute atomic E-state index is 0.0674. The fourth-order valence-corrected chi connectivity index (χ4v) is 3.30. The minimum Gasteiger partial charge on any atom is -0.486 e. The van der Waals surface area contributed by atoms with Crippen LogP contribution in [0.15, 0.2) is 54.7 Å². The molecule has 1 amide bonds. The molecule has 3 rings (SSSR count). The molecule has 0 saturated heterocycles. The highest BCUT2D eigenvalue weighted by Gasteiger charge is 2.23. The normalized spacial score (nSPS) is 12.0. The molecule has 3 aromatic rings. The molecular weight excluding hydrogens is 467 g/mol. The average molecular weight is 499 g/mol. The van der Waals surface area contributed by atoms with Gasteiger partial charge in [-0.2, -0.15) is 15.0 Å². The number of hydrogen-bond acceptors (Lipinski definition) is 7. The first-order valence-corrected chi connectivity index (χ1v) is 11.7. The Hall–Kier alpha value is -3.95. The fourth-order valence-electron chi connectivity index (χ4n) is 3.30. The first-order valence-electron chi connectivity index (χ1n) is 11.7. The third-order valence-corrected chi connectivity index (χ3v) is 4.82. The van der Waals surface area contributed by atoms with E-state index in [2.05, 4.69) is 15.5 Å². The summed E-state index contributed by atoms with van der Waals surface area (Å²) < 4.78 is 30.5. The van der Waals surface area contributed by atoms with Crippen molar-refractivity contribution >= 4 is 12.1 Å². The Morgan fingerprint density at radius 3 is 2.56 bits per heavy atom. The Morgan fingerprint density at radius 1 is 1.14 bits per heavy atom. The fraction of sp³-hybridized carbons (Fsp3) is 0.385. The second-order valence-electron chi connectivity index (χ2n) is 9.07. The van der Waals surface area contributed by atoms with Crippen LogP contribution in [0, 0.1) is 5.82 Å². The molecule has 36 heavy (non-hydrogen) atoms. The zero-order valence-corrected chi connectivity index (χ0v) is 20.9. The first kappa shape index (κ1) is 26.7. The number of amides is 1. The number of halogens is 1. The van der Waals surface area contributed by atoms with E-state index in [0.717, 1.165) is 5.56 Å². The lowest BCUT2D eigenvalue weighted by molar-refractivity contribution is -0.143. The van der Waals surface area contributed by atoms with E-state index in [1.54, 1.807) is 33.8 Å². The van der Waals surface area contributed by atoms with E-state index in [9.17, 15) is 14.0 Å². The van der Waals surface area contributed by atoms with Gasteiger partial charge in [-0.05, 0) is 45.4 Å². The van der Waals surface area contributed by atoms with Gasteiger partial charge in [-0.1, -0.05) is 30.3 Å². The van der Waals surface area contributed by atoms with Crippen molar-refractivity contribution in [3.05, 3.63) is 71.8 Å². The van der Waals surface area contributed by atoms with Gasteiger partial charge in [-0.25, -0.2) is 9.18 Å². The average Bonchev–Trinajstić information content (AvgIpc) is 3.26. The van der Waals surface area contributed by atoms with Gasteiger partial charge in [0.2, 0.25) is 0 Å². The third kappa shape index (κ3) is 8.37. The van der Waals surface area contributed by atoms with Gasteiger partial charge < -0.3 is 19.5 Å². The molecule has 9 nitrogen and oxygen atoms in total. The number of nitrogens with zero attached hydrogens (tertiary/aromatic N) is 3. The number of esters is 1. The lowest BCUT2D eigenvalue weighted by atomic mass is 10.1. The van der Waals surface area contributed by atoms with Crippen LogP contribution in [0.5, 0.6) is 5.75 Å². The predicted molar refractivity (Wildman–Crippen MR) is 130 cm³/mol. The summed E-state index contributed by atoms with van der Waals surface area (Å²) >= 11 is 0. The smallest absolute Gasteiger partial charge is 0.407 e. The summed E-state index contributed by atoms with van der Waals surface area (Å²) in [7, 11) is 0. The monoisotopic (exact) mass is 498 g/mol. The van der Waals surface area contributed by atoms with Gasteiger partial charge in [-0.15, -0.1) is 0 Å². The molecule has 1 atom stereocenters. The molecule has 0 aliphatic rings. The molecule has 192 valence electrons. The zero-order chi connectivity index (χ0) is 26.1. The van der Waals surface area contributed by atoms with E-state index in [-0.39, 0.29) is 31.8 Å². The largest absolute Gasteiger partial charge is 0.486 e. The maximum Gasteiger partial charge on any atom is 0.407 e. The number of ether oxygens (including phenoxy) is 3. The number of benzene rings is 2. The zero-order valence-electron chi connectivity index (χ0n) is 20.9. The summed E-state index contributed by atoms with van der Waals surface area (Å²) in [4.78, 5) is 25.6. The molecular formula is C26H31FN4O5. The maximum atomic E-state index is 14.6. The van der Waals surface area contributed by atoms with Crippen LogP contribution in [0.1, 0.15) is 45.4 Å². The van der Waals surface area contributed by atoms with E-state index in [4.69, 9.17) is 14.2 Å². The molecule has 0 radical (unpaired) electrons. The number of nitrogens with one attached hydrogen (secondary N) is 1. The number of aromatic nitrogens is 3. The number of alkyl carbamates (subject to hydrolysis) is 1. The molecule has 10 heteroatoms. The third-order valence-electron chi connectivity index (χ3n) is 4.82. The number of rotatable bonds is 10. The Balaban J connectivity index is 1.67. The minimum atomic E-state index is -0.692. The van der Waals surface area contributed by atoms with Crippen molar-refractivity contribution in [3.63, 3.8) is 0 Å². The molecule has 0 bridgehead atoms. The van der Waals surface area contributed by atoms with Gasteiger partial charge in [-0.3, -0.25) is 4.79 Å². The number of carbonyl (C=O) groups is 2. The van der Waals surface area contributed by atoms with Crippen LogP contribution in [0.3, 0.4) is 0 Å². The van der Waals surface area contributed by atoms with Crippen molar-refractivity contribution in [1.29, 1.82) is 0 Å². The van der Waals surface area contributed by atoms with Crippen LogP contribution in [0.2, 0.25) is 0 Å². The molecule has 0 aliphatic heterocycles. The van der Waals surface area contributed by atoms with E-state index >= 15 is 0 Å². The first-order chi connectivity index (χ1) is 17.1. The molecule has 0 fully saturated rings. The lowest BCUT2D eigenvalue weighted by Gasteiger charge is -2.23. The van der Waals surface area contributed by atoms with Crippen LogP contribution < -0.4 is 10.1 Å². The molecule has 0 aliphatic carbocycles. The van der Waals surface area contributed by atoms with Gasteiger partial charge >= 0.3 is 12.1 Å². The van der Waals surface area contributed by atoms with Gasteiger partial charge in [0.15, 0.2) is 11.6 Å². The van der Waals surface area contributed by atoms with Crippen LogP contribution in [-0.2, 0) is 27.3 Å². The van der Waals surface area contributed by atoms with Gasteiger partial charge in [0.25, 0.3) is 0 Å². The van der Waals surface area contributed by atoms with Crippen molar-refractivity contribution in [1.82, 2.24) is 20.3 Å². The van der Waals surface area contributed by atoms with Crippen molar-refractivity contribution in [2.75, 3.05) is 6.61 Å². The quantitative estimate of drug-likeness (QED) is 0.414. The highest BCUT2D eigenvalue weighted by molar-refractivity contribution is 5.73. The summed E-state index contributed by atoms with van der Waals surface area (Å²) in [6.45, 7) is 7.41. The Bertz CT molecular complexity index is 1160. The summed E-state index contributed by atoms with van der Waals surface area (Å²) in [6.07, 6.45) is 0.963. The molecule has 1 N–H and O–H groups in total. The maximum absolute atomic E-state index is 14.6. The van der Waals surface area contributed by atoms with Gasteiger partial charge in [0.1, 0.15) is 12.2 Å². The Labute approximate surface area is 209 Å². The van der Waals surface area contributed by atoms with E-state index in [1.165, 1.54) is 23.1 Å².